The predicted molar refractivity (Wildman–Crippen MR) is 52.3 cm³/mol. The van der Waals surface area contributed by atoms with Crippen LogP contribution in [0.3, 0.4) is 0 Å². The van der Waals surface area contributed by atoms with Gasteiger partial charge in [-0.05, 0) is 18.8 Å². The summed E-state index contributed by atoms with van der Waals surface area (Å²) in [6, 6.07) is 1.86. The van der Waals surface area contributed by atoms with Crippen molar-refractivity contribution >= 4 is 5.82 Å². The molecule has 1 saturated carbocycles. The van der Waals surface area contributed by atoms with Crippen LogP contribution in [0.1, 0.15) is 37.7 Å². The maximum Gasteiger partial charge on any atom is 0.134 e. The molecule has 1 heterocycles. The summed E-state index contributed by atoms with van der Waals surface area (Å²) in [5, 5.41) is 0. The molecule has 0 amide bonds. The normalized spacial score (nSPS) is 26.0. The van der Waals surface area contributed by atoms with Crippen molar-refractivity contribution in [2.24, 2.45) is 5.92 Å². The second-order valence-electron chi connectivity index (χ2n) is 3.82. The molecule has 0 bridgehead atoms. The SMILES string of the molecule is CCc1cc(N)nc(C2CC2C)n1. The Bertz CT molecular complexity index is 322. The number of rotatable bonds is 2. The molecule has 0 radical (unpaired) electrons. The number of nitrogens with zero attached hydrogens (tertiary/aromatic N) is 2. The Kier molecular flexibility index (Phi) is 1.94. The summed E-state index contributed by atoms with van der Waals surface area (Å²) in [7, 11) is 0. The van der Waals surface area contributed by atoms with Gasteiger partial charge in [-0.15, -0.1) is 0 Å². The maximum atomic E-state index is 5.69. The van der Waals surface area contributed by atoms with Gasteiger partial charge in [-0.1, -0.05) is 13.8 Å². The van der Waals surface area contributed by atoms with E-state index in [4.69, 9.17) is 5.73 Å². The van der Waals surface area contributed by atoms with Crippen LogP contribution < -0.4 is 5.73 Å². The number of nitrogens with two attached hydrogens (primary N) is 1. The molecule has 0 aliphatic heterocycles. The van der Waals surface area contributed by atoms with Gasteiger partial charge in [-0.2, -0.15) is 0 Å². The number of nitrogen functional groups attached to an aromatic ring is 1. The Hall–Kier alpha value is -1.12. The molecule has 13 heavy (non-hydrogen) atoms. The first-order valence-corrected chi connectivity index (χ1v) is 4.84. The minimum atomic E-state index is 0.564. The van der Waals surface area contributed by atoms with Crippen molar-refractivity contribution in [3.8, 4) is 0 Å². The molecule has 70 valence electrons. The van der Waals surface area contributed by atoms with Gasteiger partial charge < -0.3 is 5.73 Å². The Balaban J connectivity index is 2.30. The Morgan fingerprint density at radius 1 is 1.54 bits per heavy atom. The van der Waals surface area contributed by atoms with Crippen molar-refractivity contribution < 1.29 is 0 Å². The van der Waals surface area contributed by atoms with E-state index >= 15 is 0 Å². The number of anilines is 1. The van der Waals surface area contributed by atoms with E-state index in [-0.39, 0.29) is 0 Å². The van der Waals surface area contributed by atoms with Gasteiger partial charge in [0.05, 0.1) is 0 Å². The van der Waals surface area contributed by atoms with Crippen LogP contribution in [-0.4, -0.2) is 9.97 Å². The second kappa shape index (κ2) is 2.98. The molecule has 3 heteroatoms. The number of hydrogen-bond acceptors (Lipinski definition) is 3. The summed E-state index contributed by atoms with van der Waals surface area (Å²) in [6.45, 7) is 4.31. The van der Waals surface area contributed by atoms with Crippen LogP contribution in [0.2, 0.25) is 0 Å². The molecular formula is C10H15N3. The van der Waals surface area contributed by atoms with Crippen molar-refractivity contribution in [2.75, 3.05) is 5.73 Å². The van der Waals surface area contributed by atoms with Crippen molar-refractivity contribution in [3.05, 3.63) is 17.6 Å². The zero-order chi connectivity index (χ0) is 9.42. The highest BCUT2D eigenvalue weighted by Gasteiger charge is 2.36. The topological polar surface area (TPSA) is 51.8 Å². The quantitative estimate of drug-likeness (QED) is 0.748. The number of aromatic nitrogens is 2. The molecule has 0 spiro atoms. The van der Waals surface area contributed by atoms with Crippen LogP contribution >= 0.6 is 0 Å². The summed E-state index contributed by atoms with van der Waals surface area (Å²) in [5.74, 6) is 2.87. The molecule has 2 rings (SSSR count). The first kappa shape index (κ1) is 8.48. The molecule has 2 N–H and O–H groups in total. The van der Waals surface area contributed by atoms with Gasteiger partial charge in [-0.3, -0.25) is 0 Å². The molecule has 1 aliphatic rings. The summed E-state index contributed by atoms with van der Waals surface area (Å²) in [5.41, 5.74) is 6.75. The molecule has 3 nitrogen and oxygen atoms in total. The minimum absolute atomic E-state index is 0.564. The van der Waals surface area contributed by atoms with Crippen molar-refractivity contribution in [1.29, 1.82) is 0 Å². The fraction of sp³-hybridized carbons (Fsp3) is 0.600. The standard InChI is InChI=1S/C10H15N3/c1-3-7-5-9(11)13-10(12-7)8-4-6(8)2/h5-6,8H,3-4H2,1-2H3,(H2,11,12,13). The largest absolute Gasteiger partial charge is 0.384 e. The Morgan fingerprint density at radius 2 is 2.23 bits per heavy atom. The van der Waals surface area contributed by atoms with Crippen LogP contribution in [0.4, 0.5) is 5.82 Å². The monoisotopic (exact) mass is 177 g/mol. The third-order valence-corrected chi connectivity index (χ3v) is 2.62. The van der Waals surface area contributed by atoms with E-state index < -0.39 is 0 Å². The molecule has 2 atom stereocenters. The van der Waals surface area contributed by atoms with E-state index in [2.05, 4.69) is 23.8 Å². The highest BCUT2D eigenvalue weighted by molar-refractivity contribution is 5.31. The van der Waals surface area contributed by atoms with E-state index in [1.54, 1.807) is 0 Å². The maximum absolute atomic E-state index is 5.69. The molecule has 0 aromatic carbocycles. The van der Waals surface area contributed by atoms with Gasteiger partial charge in [0.1, 0.15) is 11.6 Å². The van der Waals surface area contributed by atoms with E-state index in [1.165, 1.54) is 6.42 Å². The molecule has 2 unspecified atom stereocenters. The van der Waals surface area contributed by atoms with Crippen molar-refractivity contribution in [3.63, 3.8) is 0 Å². The lowest BCUT2D eigenvalue weighted by molar-refractivity contribution is 0.824. The smallest absolute Gasteiger partial charge is 0.134 e. The first-order chi connectivity index (χ1) is 6.20. The third kappa shape index (κ3) is 1.64. The molecule has 1 aromatic rings. The lowest BCUT2D eigenvalue weighted by Gasteiger charge is -2.02. The average molecular weight is 177 g/mol. The van der Waals surface area contributed by atoms with E-state index in [9.17, 15) is 0 Å². The van der Waals surface area contributed by atoms with E-state index in [0.717, 1.165) is 23.9 Å². The van der Waals surface area contributed by atoms with Crippen LogP contribution in [0.5, 0.6) is 0 Å². The molecule has 1 aromatic heterocycles. The van der Waals surface area contributed by atoms with Crippen LogP contribution in [0, 0.1) is 5.92 Å². The van der Waals surface area contributed by atoms with Gasteiger partial charge in [0.15, 0.2) is 0 Å². The molecule has 1 fully saturated rings. The molecule has 0 saturated heterocycles. The average Bonchev–Trinajstić information content (AvgIpc) is 2.81. The van der Waals surface area contributed by atoms with Gasteiger partial charge >= 0.3 is 0 Å². The number of hydrogen-bond donors (Lipinski definition) is 1. The van der Waals surface area contributed by atoms with Gasteiger partial charge in [0.25, 0.3) is 0 Å². The fourth-order valence-corrected chi connectivity index (χ4v) is 1.57. The fourth-order valence-electron chi connectivity index (χ4n) is 1.57. The minimum Gasteiger partial charge on any atom is -0.384 e. The second-order valence-corrected chi connectivity index (χ2v) is 3.82. The van der Waals surface area contributed by atoms with E-state index in [0.29, 0.717) is 11.7 Å². The van der Waals surface area contributed by atoms with Crippen molar-refractivity contribution in [1.82, 2.24) is 9.97 Å². The summed E-state index contributed by atoms with van der Waals surface area (Å²) < 4.78 is 0. The number of aryl methyl sites for hydroxylation is 1. The van der Waals surface area contributed by atoms with Crippen molar-refractivity contribution in [2.45, 2.75) is 32.6 Å². The highest BCUT2D eigenvalue weighted by atomic mass is 15.0. The summed E-state index contributed by atoms with van der Waals surface area (Å²) in [4.78, 5) is 8.73. The summed E-state index contributed by atoms with van der Waals surface area (Å²) in [6.07, 6.45) is 2.15. The van der Waals surface area contributed by atoms with Gasteiger partial charge in [-0.25, -0.2) is 9.97 Å². The Morgan fingerprint density at radius 3 is 2.77 bits per heavy atom. The van der Waals surface area contributed by atoms with Crippen LogP contribution in [-0.2, 0) is 6.42 Å². The van der Waals surface area contributed by atoms with Gasteiger partial charge in [0, 0.05) is 17.7 Å². The zero-order valence-electron chi connectivity index (χ0n) is 8.12. The predicted octanol–water partition coefficient (Wildman–Crippen LogP) is 1.74. The van der Waals surface area contributed by atoms with E-state index in [1.807, 2.05) is 6.07 Å². The molecule has 1 aliphatic carbocycles. The Labute approximate surface area is 78.4 Å². The molecular weight excluding hydrogens is 162 g/mol. The van der Waals surface area contributed by atoms with Gasteiger partial charge in [0.2, 0.25) is 0 Å². The lowest BCUT2D eigenvalue weighted by atomic mass is 10.2. The zero-order valence-corrected chi connectivity index (χ0v) is 8.12. The van der Waals surface area contributed by atoms with Crippen LogP contribution in [0.15, 0.2) is 6.07 Å². The third-order valence-electron chi connectivity index (χ3n) is 2.62. The first-order valence-electron chi connectivity index (χ1n) is 4.84. The highest BCUT2D eigenvalue weighted by Crippen LogP contribution is 2.45. The summed E-state index contributed by atoms with van der Waals surface area (Å²) >= 11 is 0. The lowest BCUT2D eigenvalue weighted by Crippen LogP contribution is -2.02. The van der Waals surface area contributed by atoms with Crippen LogP contribution in [0.25, 0.3) is 0 Å².